The normalized spacial score (nSPS) is 24.0. The molecule has 2 heteroatoms. The van der Waals surface area contributed by atoms with Crippen LogP contribution in [0.5, 0.6) is 0 Å². The van der Waals surface area contributed by atoms with Crippen molar-refractivity contribution in [3.05, 3.63) is 23.5 Å². The summed E-state index contributed by atoms with van der Waals surface area (Å²) in [7, 11) is 2.21. The van der Waals surface area contributed by atoms with Gasteiger partial charge in [0.25, 0.3) is 0 Å². The molecule has 0 fully saturated rings. The Hall–Kier alpha value is -0.760. The molecule has 1 atom stereocenters. The lowest BCUT2D eigenvalue weighted by molar-refractivity contribution is 0.224. The molecule has 0 aromatic carbocycles. The summed E-state index contributed by atoms with van der Waals surface area (Å²) in [5, 5.41) is 0. The van der Waals surface area contributed by atoms with Gasteiger partial charge in [0.05, 0.1) is 0 Å². The summed E-state index contributed by atoms with van der Waals surface area (Å²) in [6.07, 6.45) is 4.45. The quantitative estimate of drug-likeness (QED) is 0.672. The van der Waals surface area contributed by atoms with E-state index in [0.717, 1.165) is 0 Å². The number of rotatable bonds is 1. The lowest BCUT2D eigenvalue weighted by Gasteiger charge is -2.31. The van der Waals surface area contributed by atoms with E-state index >= 15 is 0 Å². The van der Waals surface area contributed by atoms with Gasteiger partial charge in [0.2, 0.25) is 0 Å². The maximum absolute atomic E-state index is 3.32. The summed E-state index contributed by atoms with van der Waals surface area (Å²) in [6.45, 7) is 3.44. The van der Waals surface area contributed by atoms with Crippen molar-refractivity contribution in [3.63, 3.8) is 0 Å². The standard InChI is InChI=1S/C10H16N2/c1-3-10-8-4-6-11-9(8)5-7-12(10)2/h4,6,10-11H,3,5,7H2,1-2H3/t10-/m1/s1. The highest BCUT2D eigenvalue weighted by Gasteiger charge is 2.23. The Morgan fingerprint density at radius 2 is 2.50 bits per heavy atom. The van der Waals surface area contributed by atoms with Crippen molar-refractivity contribution in [2.45, 2.75) is 25.8 Å². The van der Waals surface area contributed by atoms with Crippen LogP contribution in [-0.2, 0) is 6.42 Å². The first-order valence-corrected chi connectivity index (χ1v) is 4.69. The van der Waals surface area contributed by atoms with Gasteiger partial charge in [-0.15, -0.1) is 0 Å². The Morgan fingerprint density at radius 1 is 1.67 bits per heavy atom. The monoisotopic (exact) mass is 164 g/mol. The van der Waals surface area contributed by atoms with Crippen molar-refractivity contribution in [1.29, 1.82) is 0 Å². The van der Waals surface area contributed by atoms with Crippen LogP contribution in [0.3, 0.4) is 0 Å². The molecule has 0 spiro atoms. The van der Waals surface area contributed by atoms with E-state index in [0.29, 0.717) is 6.04 Å². The van der Waals surface area contributed by atoms with Gasteiger partial charge in [0, 0.05) is 30.9 Å². The zero-order valence-electron chi connectivity index (χ0n) is 7.80. The number of aromatic nitrogens is 1. The molecule has 2 rings (SSSR count). The van der Waals surface area contributed by atoms with Gasteiger partial charge in [0.15, 0.2) is 0 Å². The summed E-state index contributed by atoms with van der Waals surface area (Å²) < 4.78 is 0. The topological polar surface area (TPSA) is 19.0 Å². The molecule has 12 heavy (non-hydrogen) atoms. The number of fused-ring (bicyclic) bond motifs is 1. The van der Waals surface area contributed by atoms with Gasteiger partial charge in [-0.05, 0) is 25.1 Å². The van der Waals surface area contributed by atoms with E-state index in [1.807, 2.05) is 0 Å². The molecule has 0 unspecified atom stereocenters. The Kier molecular flexibility index (Phi) is 1.93. The number of nitrogens with zero attached hydrogens (tertiary/aromatic N) is 1. The molecule has 0 bridgehead atoms. The molecule has 0 saturated heterocycles. The molecule has 0 saturated carbocycles. The Bertz CT molecular complexity index is 265. The molecule has 1 aliphatic heterocycles. The van der Waals surface area contributed by atoms with E-state index in [1.54, 1.807) is 0 Å². The molecule has 1 N–H and O–H groups in total. The molecule has 1 aliphatic rings. The van der Waals surface area contributed by atoms with Gasteiger partial charge in [-0.2, -0.15) is 0 Å². The molecule has 2 heterocycles. The molecular weight excluding hydrogens is 148 g/mol. The van der Waals surface area contributed by atoms with Crippen molar-refractivity contribution in [2.24, 2.45) is 0 Å². The number of nitrogens with one attached hydrogen (secondary N) is 1. The van der Waals surface area contributed by atoms with Gasteiger partial charge in [0.1, 0.15) is 0 Å². The molecule has 0 aliphatic carbocycles. The fourth-order valence-corrected chi connectivity index (χ4v) is 2.16. The van der Waals surface area contributed by atoms with Gasteiger partial charge >= 0.3 is 0 Å². The number of hydrogen-bond acceptors (Lipinski definition) is 1. The summed E-state index contributed by atoms with van der Waals surface area (Å²) in [6, 6.07) is 2.86. The largest absolute Gasteiger partial charge is 0.365 e. The highest BCUT2D eigenvalue weighted by molar-refractivity contribution is 5.27. The number of hydrogen-bond donors (Lipinski definition) is 1. The Balaban J connectivity index is 2.34. The molecule has 66 valence electrons. The lowest BCUT2D eigenvalue weighted by Crippen LogP contribution is -2.31. The van der Waals surface area contributed by atoms with Crippen LogP contribution in [0, 0.1) is 0 Å². The predicted molar refractivity (Wildman–Crippen MR) is 50.2 cm³/mol. The molecule has 1 aromatic heterocycles. The second-order valence-electron chi connectivity index (χ2n) is 3.57. The van der Waals surface area contributed by atoms with Gasteiger partial charge in [-0.1, -0.05) is 6.92 Å². The van der Waals surface area contributed by atoms with Gasteiger partial charge < -0.3 is 4.98 Å². The van der Waals surface area contributed by atoms with Gasteiger partial charge in [-0.25, -0.2) is 0 Å². The first-order valence-electron chi connectivity index (χ1n) is 4.69. The second kappa shape index (κ2) is 2.94. The second-order valence-corrected chi connectivity index (χ2v) is 3.57. The highest BCUT2D eigenvalue weighted by Crippen LogP contribution is 2.29. The predicted octanol–water partition coefficient (Wildman–Crippen LogP) is 1.95. The van der Waals surface area contributed by atoms with Crippen LogP contribution >= 0.6 is 0 Å². The van der Waals surface area contributed by atoms with Crippen LogP contribution < -0.4 is 0 Å². The fourth-order valence-electron chi connectivity index (χ4n) is 2.16. The fraction of sp³-hybridized carbons (Fsp3) is 0.600. The number of aromatic amines is 1. The Labute approximate surface area is 73.6 Å². The van der Waals surface area contributed by atoms with Crippen LogP contribution in [0.4, 0.5) is 0 Å². The summed E-state index contributed by atoms with van der Waals surface area (Å²) >= 11 is 0. The minimum atomic E-state index is 0.639. The smallest absolute Gasteiger partial charge is 0.0360 e. The van der Waals surface area contributed by atoms with Crippen molar-refractivity contribution in [1.82, 2.24) is 9.88 Å². The first kappa shape index (κ1) is 7.87. The molecular formula is C10H16N2. The van der Waals surface area contributed by atoms with Crippen LogP contribution in [0.1, 0.15) is 30.6 Å². The number of H-pyrrole nitrogens is 1. The van der Waals surface area contributed by atoms with E-state index in [-0.39, 0.29) is 0 Å². The summed E-state index contributed by atoms with van der Waals surface area (Å²) in [5.74, 6) is 0. The molecule has 2 nitrogen and oxygen atoms in total. The maximum Gasteiger partial charge on any atom is 0.0360 e. The number of likely N-dealkylation sites (N-methyl/N-ethyl adjacent to an activating group) is 1. The van der Waals surface area contributed by atoms with Crippen LogP contribution in [0.15, 0.2) is 12.3 Å². The van der Waals surface area contributed by atoms with E-state index < -0.39 is 0 Å². The van der Waals surface area contributed by atoms with Crippen molar-refractivity contribution >= 4 is 0 Å². The highest BCUT2D eigenvalue weighted by atomic mass is 15.1. The minimum Gasteiger partial charge on any atom is -0.365 e. The van der Waals surface area contributed by atoms with Crippen molar-refractivity contribution < 1.29 is 0 Å². The van der Waals surface area contributed by atoms with Crippen molar-refractivity contribution in [2.75, 3.05) is 13.6 Å². The van der Waals surface area contributed by atoms with E-state index in [4.69, 9.17) is 0 Å². The first-order chi connectivity index (χ1) is 5.83. The maximum atomic E-state index is 3.32. The zero-order chi connectivity index (χ0) is 8.55. The molecule has 1 aromatic rings. The molecule has 0 radical (unpaired) electrons. The third-order valence-electron chi connectivity index (χ3n) is 2.86. The summed E-state index contributed by atoms with van der Waals surface area (Å²) in [5.41, 5.74) is 2.95. The zero-order valence-corrected chi connectivity index (χ0v) is 7.80. The van der Waals surface area contributed by atoms with Crippen LogP contribution in [0.2, 0.25) is 0 Å². The third-order valence-corrected chi connectivity index (χ3v) is 2.86. The van der Waals surface area contributed by atoms with Crippen LogP contribution in [0.25, 0.3) is 0 Å². The SMILES string of the molecule is CC[C@@H]1c2cc[nH]c2CCN1C. The minimum absolute atomic E-state index is 0.639. The molecule has 0 amide bonds. The van der Waals surface area contributed by atoms with E-state index in [2.05, 4.69) is 36.1 Å². The lowest BCUT2D eigenvalue weighted by atomic mass is 9.98. The Morgan fingerprint density at radius 3 is 3.25 bits per heavy atom. The average Bonchev–Trinajstić information content (AvgIpc) is 2.52. The summed E-state index contributed by atoms with van der Waals surface area (Å²) in [4.78, 5) is 5.76. The van der Waals surface area contributed by atoms with Gasteiger partial charge in [-0.3, -0.25) is 4.90 Å². The van der Waals surface area contributed by atoms with E-state index in [1.165, 1.54) is 30.6 Å². The third kappa shape index (κ3) is 1.07. The van der Waals surface area contributed by atoms with Crippen LogP contribution in [-0.4, -0.2) is 23.5 Å². The van der Waals surface area contributed by atoms with Crippen molar-refractivity contribution in [3.8, 4) is 0 Å². The van der Waals surface area contributed by atoms with E-state index in [9.17, 15) is 0 Å². The average molecular weight is 164 g/mol.